The van der Waals surface area contributed by atoms with Gasteiger partial charge in [-0.05, 0) is 36.0 Å². The molecule has 0 radical (unpaired) electrons. The van der Waals surface area contributed by atoms with Gasteiger partial charge >= 0.3 is 0 Å². The van der Waals surface area contributed by atoms with Crippen LogP contribution in [0.4, 0.5) is 5.69 Å². The van der Waals surface area contributed by atoms with Gasteiger partial charge < -0.3 is 16.5 Å². The Kier molecular flexibility index (Phi) is 4.77. The topological polar surface area (TPSA) is 67.8 Å². The van der Waals surface area contributed by atoms with Crippen LogP contribution in [0.25, 0.3) is 32.6 Å². The summed E-state index contributed by atoms with van der Waals surface area (Å²) in [5, 5.41) is 4.92. The number of hydrogen-bond donors (Lipinski definition) is 3. The van der Waals surface area contributed by atoms with Crippen LogP contribution in [-0.4, -0.2) is 11.5 Å². The molecule has 3 nitrogen and oxygen atoms in total. The maximum absolute atomic E-state index is 5.76. The molecular formula is C24H23N3. The Hall–Kier alpha value is -3.30. The van der Waals surface area contributed by atoms with Crippen LogP contribution in [0.3, 0.4) is 0 Å². The molecule has 0 saturated heterocycles. The molecule has 0 aliphatic heterocycles. The molecule has 0 amide bonds. The highest BCUT2D eigenvalue weighted by atomic mass is 14.7. The van der Waals surface area contributed by atoms with Gasteiger partial charge in [0.25, 0.3) is 0 Å². The van der Waals surface area contributed by atoms with Gasteiger partial charge in [0.1, 0.15) is 0 Å². The van der Waals surface area contributed by atoms with Gasteiger partial charge in [-0.15, -0.1) is 0 Å². The Morgan fingerprint density at radius 1 is 0.667 bits per heavy atom. The molecule has 0 spiro atoms. The Balaban J connectivity index is 0.000000143. The molecule has 134 valence electrons. The second-order valence-electron chi connectivity index (χ2n) is 6.62. The number of nitrogens with two attached hydrogens (primary N) is 2. The largest absolute Gasteiger partial charge is 0.398 e. The van der Waals surface area contributed by atoms with Gasteiger partial charge in [0.2, 0.25) is 0 Å². The smallest absolute Gasteiger partial charge is 0.0497 e. The molecule has 1 aromatic heterocycles. The summed E-state index contributed by atoms with van der Waals surface area (Å²) in [4.78, 5) is 3.48. The number of rotatable bonds is 2. The zero-order chi connectivity index (χ0) is 18.6. The van der Waals surface area contributed by atoms with Crippen LogP contribution in [0.1, 0.15) is 5.56 Å². The van der Waals surface area contributed by atoms with Crippen LogP contribution >= 0.6 is 0 Å². The van der Waals surface area contributed by atoms with Gasteiger partial charge in [-0.2, -0.15) is 0 Å². The van der Waals surface area contributed by atoms with Crippen molar-refractivity contribution in [3.05, 3.63) is 90.5 Å². The van der Waals surface area contributed by atoms with E-state index in [0.29, 0.717) is 6.54 Å². The third-order valence-corrected chi connectivity index (χ3v) is 4.86. The van der Waals surface area contributed by atoms with E-state index in [2.05, 4.69) is 59.6 Å². The maximum atomic E-state index is 5.76. The van der Waals surface area contributed by atoms with Gasteiger partial charge in [-0.25, -0.2) is 0 Å². The quantitative estimate of drug-likeness (QED) is 0.380. The SMILES string of the molecule is NCCc1cccc2c1[nH]c1ccccc12.Nc1cccc2ccccc12. The Labute approximate surface area is 158 Å². The van der Waals surface area contributed by atoms with E-state index in [4.69, 9.17) is 11.5 Å². The van der Waals surface area contributed by atoms with Crippen molar-refractivity contribution in [2.75, 3.05) is 12.3 Å². The highest BCUT2D eigenvalue weighted by molar-refractivity contribution is 6.08. The Morgan fingerprint density at radius 2 is 1.33 bits per heavy atom. The van der Waals surface area contributed by atoms with E-state index in [0.717, 1.165) is 17.5 Å². The predicted octanol–water partition coefficient (Wildman–Crippen LogP) is 5.24. The van der Waals surface area contributed by atoms with E-state index in [1.54, 1.807) is 0 Å². The highest BCUT2D eigenvalue weighted by Gasteiger charge is 2.06. The van der Waals surface area contributed by atoms with E-state index in [9.17, 15) is 0 Å². The van der Waals surface area contributed by atoms with Crippen LogP contribution < -0.4 is 11.5 Å². The average molecular weight is 353 g/mol. The first kappa shape index (κ1) is 17.1. The van der Waals surface area contributed by atoms with Gasteiger partial charge in [0.05, 0.1) is 0 Å². The summed E-state index contributed by atoms with van der Waals surface area (Å²) >= 11 is 0. The van der Waals surface area contributed by atoms with E-state index >= 15 is 0 Å². The van der Waals surface area contributed by atoms with Gasteiger partial charge in [-0.1, -0.05) is 72.8 Å². The van der Waals surface area contributed by atoms with Crippen LogP contribution in [0.15, 0.2) is 84.9 Å². The van der Waals surface area contributed by atoms with Crippen molar-refractivity contribution < 1.29 is 0 Å². The first-order chi connectivity index (χ1) is 13.3. The van der Waals surface area contributed by atoms with E-state index in [1.165, 1.54) is 32.8 Å². The van der Waals surface area contributed by atoms with Crippen molar-refractivity contribution in [2.45, 2.75) is 6.42 Å². The molecule has 0 aliphatic carbocycles. The molecule has 0 saturated carbocycles. The number of H-pyrrole nitrogens is 1. The molecule has 0 aliphatic rings. The Bertz CT molecular complexity index is 1200. The molecule has 0 bridgehead atoms. The molecule has 0 fully saturated rings. The standard InChI is InChI=1S/C14H14N2.C10H9N/c15-9-8-10-4-3-6-12-11-5-1-2-7-13(11)16-14(10)12;11-10-7-3-5-8-4-1-2-6-9(8)10/h1-7,16H,8-9,15H2;1-7H,11H2. The summed E-state index contributed by atoms with van der Waals surface area (Å²) in [6.07, 6.45) is 0.921. The van der Waals surface area contributed by atoms with Crippen molar-refractivity contribution in [3.63, 3.8) is 0 Å². The molecule has 0 atom stereocenters. The molecule has 3 heteroatoms. The fourth-order valence-electron chi connectivity index (χ4n) is 3.55. The van der Waals surface area contributed by atoms with Crippen molar-refractivity contribution in [2.24, 2.45) is 5.73 Å². The van der Waals surface area contributed by atoms with E-state index in [1.807, 2.05) is 30.3 Å². The molecular weight excluding hydrogens is 330 g/mol. The molecule has 27 heavy (non-hydrogen) atoms. The summed E-state index contributed by atoms with van der Waals surface area (Å²) in [5.74, 6) is 0. The lowest BCUT2D eigenvalue weighted by atomic mass is 10.1. The normalized spacial score (nSPS) is 10.9. The van der Waals surface area contributed by atoms with Crippen LogP contribution in [-0.2, 0) is 6.42 Å². The highest BCUT2D eigenvalue weighted by Crippen LogP contribution is 2.27. The van der Waals surface area contributed by atoms with Crippen molar-refractivity contribution >= 4 is 38.3 Å². The maximum Gasteiger partial charge on any atom is 0.0497 e. The third kappa shape index (κ3) is 3.37. The summed E-state index contributed by atoms with van der Waals surface area (Å²) < 4.78 is 0. The number of anilines is 1. The lowest BCUT2D eigenvalue weighted by Crippen LogP contribution is -2.02. The molecule has 5 rings (SSSR count). The van der Waals surface area contributed by atoms with Gasteiger partial charge in [0, 0.05) is 32.9 Å². The van der Waals surface area contributed by atoms with Crippen LogP contribution in [0.2, 0.25) is 0 Å². The number of benzene rings is 4. The van der Waals surface area contributed by atoms with E-state index in [-0.39, 0.29) is 0 Å². The second-order valence-corrected chi connectivity index (χ2v) is 6.62. The number of hydrogen-bond acceptors (Lipinski definition) is 2. The van der Waals surface area contributed by atoms with Crippen molar-refractivity contribution in [1.29, 1.82) is 0 Å². The number of nitrogens with one attached hydrogen (secondary N) is 1. The fourth-order valence-corrected chi connectivity index (χ4v) is 3.55. The number of para-hydroxylation sites is 2. The summed E-state index contributed by atoms with van der Waals surface area (Å²) in [6, 6.07) is 28.9. The number of nitrogen functional groups attached to an aromatic ring is 1. The minimum absolute atomic E-state index is 0.689. The fraction of sp³-hybridized carbons (Fsp3) is 0.0833. The Morgan fingerprint density at radius 3 is 2.15 bits per heavy atom. The second kappa shape index (κ2) is 7.52. The summed E-state index contributed by atoms with van der Waals surface area (Å²) in [6.45, 7) is 0.689. The number of fused-ring (bicyclic) bond motifs is 4. The third-order valence-electron chi connectivity index (χ3n) is 4.86. The zero-order valence-electron chi connectivity index (χ0n) is 15.2. The average Bonchev–Trinajstić information content (AvgIpc) is 3.09. The lowest BCUT2D eigenvalue weighted by molar-refractivity contribution is 0.975. The minimum atomic E-state index is 0.689. The zero-order valence-corrected chi connectivity index (χ0v) is 15.2. The molecule has 5 N–H and O–H groups in total. The minimum Gasteiger partial charge on any atom is -0.398 e. The number of aromatic nitrogens is 1. The van der Waals surface area contributed by atoms with Crippen LogP contribution in [0.5, 0.6) is 0 Å². The van der Waals surface area contributed by atoms with Crippen molar-refractivity contribution in [1.82, 2.24) is 4.98 Å². The molecule has 1 heterocycles. The summed E-state index contributed by atoms with van der Waals surface area (Å²) in [5.41, 5.74) is 16.0. The monoisotopic (exact) mass is 353 g/mol. The first-order valence-corrected chi connectivity index (χ1v) is 9.19. The predicted molar refractivity (Wildman–Crippen MR) is 117 cm³/mol. The molecule has 4 aromatic carbocycles. The lowest BCUT2D eigenvalue weighted by Gasteiger charge is -2.00. The molecule has 0 unspecified atom stereocenters. The van der Waals surface area contributed by atoms with Gasteiger partial charge in [0.15, 0.2) is 0 Å². The van der Waals surface area contributed by atoms with Gasteiger partial charge in [-0.3, -0.25) is 0 Å². The summed E-state index contributed by atoms with van der Waals surface area (Å²) in [7, 11) is 0. The van der Waals surface area contributed by atoms with Crippen molar-refractivity contribution in [3.8, 4) is 0 Å². The first-order valence-electron chi connectivity index (χ1n) is 9.19. The van der Waals surface area contributed by atoms with Crippen LogP contribution in [0, 0.1) is 0 Å². The molecule has 5 aromatic rings. The van der Waals surface area contributed by atoms with E-state index < -0.39 is 0 Å². The number of aromatic amines is 1.